The van der Waals surface area contributed by atoms with E-state index in [0.29, 0.717) is 0 Å². The Kier molecular flexibility index (Phi) is 7.51. The molecule has 59 heavy (non-hydrogen) atoms. The molecule has 0 amide bonds. The van der Waals surface area contributed by atoms with Crippen molar-refractivity contribution in [3.8, 4) is 33.4 Å². The first-order chi connectivity index (χ1) is 29.0. The summed E-state index contributed by atoms with van der Waals surface area (Å²) in [6.45, 7) is 4.72. The fraction of sp³-hybridized carbons (Fsp3) is 0.0526. The van der Waals surface area contributed by atoms with Crippen LogP contribution < -0.4 is 4.90 Å². The summed E-state index contributed by atoms with van der Waals surface area (Å²) in [5.74, 6) is 0. The van der Waals surface area contributed by atoms with Gasteiger partial charge in [0.25, 0.3) is 0 Å². The highest BCUT2D eigenvalue weighted by atomic mass is 32.1. The third-order valence-electron chi connectivity index (χ3n) is 12.8. The SMILES string of the molecule is CC1(C)c2ccccc2-c2cc(N(c3ccc4ccccc4c3)c3cccc(-c4ccc5ccccc5c4)c3-c3ccc4c(c3)sc3ccc5ccccc5c34)ccc21. The van der Waals surface area contributed by atoms with Crippen LogP contribution >= 0.6 is 11.3 Å². The monoisotopic (exact) mass is 769 g/mol. The summed E-state index contributed by atoms with van der Waals surface area (Å²) in [5.41, 5.74) is 13.5. The minimum atomic E-state index is -0.0790. The molecule has 0 saturated carbocycles. The van der Waals surface area contributed by atoms with Crippen molar-refractivity contribution < 1.29 is 0 Å². The summed E-state index contributed by atoms with van der Waals surface area (Å²) in [6.07, 6.45) is 0. The molecule has 1 aliphatic carbocycles. The minimum absolute atomic E-state index is 0.0790. The van der Waals surface area contributed by atoms with Gasteiger partial charge in [-0.3, -0.25) is 0 Å². The smallest absolute Gasteiger partial charge is 0.0546 e. The first-order valence-corrected chi connectivity index (χ1v) is 21.3. The Labute approximate surface area is 348 Å². The molecular formula is C57H39NS. The first kappa shape index (κ1) is 34.1. The molecular weight excluding hydrogens is 731 g/mol. The molecule has 0 aliphatic heterocycles. The van der Waals surface area contributed by atoms with Crippen molar-refractivity contribution in [1.29, 1.82) is 0 Å². The summed E-state index contributed by atoms with van der Waals surface area (Å²) < 4.78 is 2.61. The van der Waals surface area contributed by atoms with Crippen molar-refractivity contribution in [3.05, 3.63) is 211 Å². The zero-order valence-electron chi connectivity index (χ0n) is 32.9. The standard InChI is InChI=1S/C57H39NS/c1-57(2)50-20-10-9-18-47(50)49-35-44(28-30-51(49)57)58(43-27-24-37-13-4-6-16-40(37)33-43)52-21-11-19-46(41-23-22-36-12-3-5-15-39(36)32-41)55(52)42-25-29-48-54(34-42)59-53-31-26-38-14-7-8-17-45(38)56(48)53/h3-35H,1-2H3. The van der Waals surface area contributed by atoms with E-state index in [1.807, 2.05) is 11.3 Å². The van der Waals surface area contributed by atoms with Crippen molar-refractivity contribution in [2.24, 2.45) is 0 Å². The molecule has 1 aromatic heterocycles. The highest BCUT2D eigenvalue weighted by Crippen LogP contribution is 2.53. The Bertz CT molecular complexity index is 3500. The van der Waals surface area contributed by atoms with Gasteiger partial charge in [0.2, 0.25) is 0 Å². The van der Waals surface area contributed by atoms with Crippen LogP contribution in [0, 0.1) is 0 Å². The normalized spacial score (nSPS) is 13.1. The second-order valence-electron chi connectivity index (χ2n) is 16.5. The molecule has 0 atom stereocenters. The third kappa shape index (κ3) is 5.30. The van der Waals surface area contributed by atoms with Gasteiger partial charge in [-0.1, -0.05) is 166 Å². The van der Waals surface area contributed by atoms with Crippen molar-refractivity contribution in [3.63, 3.8) is 0 Å². The number of hydrogen-bond donors (Lipinski definition) is 0. The lowest BCUT2D eigenvalue weighted by molar-refractivity contribution is 0.660. The van der Waals surface area contributed by atoms with Crippen molar-refractivity contribution in [2.45, 2.75) is 19.3 Å². The Hall–Kier alpha value is -7.00. The molecule has 0 bridgehead atoms. The molecule has 10 aromatic carbocycles. The fourth-order valence-corrected chi connectivity index (χ4v) is 11.1. The highest BCUT2D eigenvalue weighted by Gasteiger charge is 2.36. The van der Waals surface area contributed by atoms with E-state index >= 15 is 0 Å². The molecule has 2 heteroatoms. The lowest BCUT2D eigenvalue weighted by atomic mass is 9.82. The molecule has 1 aliphatic rings. The lowest BCUT2D eigenvalue weighted by Crippen LogP contribution is -2.15. The van der Waals surface area contributed by atoms with Crippen molar-refractivity contribution >= 4 is 80.9 Å². The van der Waals surface area contributed by atoms with Gasteiger partial charge in [0.05, 0.1) is 5.69 Å². The van der Waals surface area contributed by atoms with E-state index < -0.39 is 0 Å². The van der Waals surface area contributed by atoms with Crippen LogP contribution in [0.15, 0.2) is 200 Å². The number of fused-ring (bicyclic) bond motifs is 10. The predicted molar refractivity (Wildman–Crippen MR) is 255 cm³/mol. The van der Waals surface area contributed by atoms with Crippen molar-refractivity contribution in [2.75, 3.05) is 4.90 Å². The minimum Gasteiger partial charge on any atom is -0.310 e. The van der Waals surface area contributed by atoms with Crippen LogP contribution in [-0.4, -0.2) is 0 Å². The van der Waals surface area contributed by atoms with E-state index in [1.54, 1.807) is 0 Å². The third-order valence-corrected chi connectivity index (χ3v) is 13.9. The van der Waals surface area contributed by atoms with E-state index in [4.69, 9.17) is 0 Å². The number of nitrogens with zero attached hydrogens (tertiary/aromatic N) is 1. The van der Waals surface area contributed by atoms with E-state index in [9.17, 15) is 0 Å². The maximum Gasteiger partial charge on any atom is 0.0546 e. The molecule has 0 saturated heterocycles. The molecule has 1 heterocycles. The zero-order valence-corrected chi connectivity index (χ0v) is 33.7. The van der Waals surface area contributed by atoms with E-state index in [1.165, 1.54) is 97.0 Å². The predicted octanol–water partition coefficient (Wildman–Crippen LogP) is 16.6. The maximum absolute atomic E-state index is 2.50. The van der Waals surface area contributed by atoms with E-state index in [0.717, 1.165) is 17.1 Å². The lowest BCUT2D eigenvalue weighted by Gasteiger charge is -2.30. The summed E-state index contributed by atoms with van der Waals surface area (Å²) in [6, 6.07) is 74.7. The Morgan fingerprint density at radius 2 is 1.02 bits per heavy atom. The van der Waals surface area contributed by atoms with Gasteiger partial charge in [-0.2, -0.15) is 0 Å². The van der Waals surface area contributed by atoms with Gasteiger partial charge >= 0.3 is 0 Å². The molecule has 0 fully saturated rings. The average molecular weight is 770 g/mol. The largest absolute Gasteiger partial charge is 0.310 e. The quantitative estimate of drug-likeness (QED) is 0.169. The van der Waals surface area contributed by atoms with Crippen LogP contribution in [-0.2, 0) is 5.41 Å². The van der Waals surface area contributed by atoms with Crippen LogP contribution in [0.1, 0.15) is 25.0 Å². The summed E-state index contributed by atoms with van der Waals surface area (Å²) in [4.78, 5) is 2.50. The van der Waals surface area contributed by atoms with Gasteiger partial charge in [-0.25, -0.2) is 0 Å². The van der Waals surface area contributed by atoms with Gasteiger partial charge in [-0.15, -0.1) is 11.3 Å². The summed E-state index contributed by atoms with van der Waals surface area (Å²) in [5, 5.41) is 10.2. The first-order valence-electron chi connectivity index (χ1n) is 20.5. The second-order valence-corrected chi connectivity index (χ2v) is 17.6. The van der Waals surface area contributed by atoms with Gasteiger partial charge in [0, 0.05) is 42.5 Å². The molecule has 1 nitrogen and oxygen atoms in total. The second kappa shape index (κ2) is 13.0. The van der Waals surface area contributed by atoms with Gasteiger partial charge in [0.1, 0.15) is 0 Å². The van der Waals surface area contributed by atoms with Crippen LogP contribution in [0.25, 0.3) is 85.9 Å². The van der Waals surface area contributed by atoms with Gasteiger partial charge in [0.15, 0.2) is 0 Å². The number of hydrogen-bond acceptors (Lipinski definition) is 2. The summed E-state index contributed by atoms with van der Waals surface area (Å²) >= 11 is 1.89. The highest BCUT2D eigenvalue weighted by molar-refractivity contribution is 7.26. The topological polar surface area (TPSA) is 3.24 Å². The summed E-state index contributed by atoms with van der Waals surface area (Å²) in [7, 11) is 0. The number of rotatable bonds is 5. The zero-order chi connectivity index (χ0) is 39.2. The van der Waals surface area contributed by atoms with Crippen LogP contribution in [0.4, 0.5) is 17.1 Å². The van der Waals surface area contributed by atoms with E-state index in [2.05, 4.69) is 219 Å². The van der Waals surface area contributed by atoms with E-state index in [-0.39, 0.29) is 5.41 Å². The Morgan fingerprint density at radius 3 is 1.86 bits per heavy atom. The number of anilines is 3. The molecule has 278 valence electrons. The maximum atomic E-state index is 2.50. The Morgan fingerprint density at radius 1 is 0.390 bits per heavy atom. The Balaban J connectivity index is 1.15. The molecule has 0 N–H and O–H groups in total. The van der Waals surface area contributed by atoms with Crippen molar-refractivity contribution in [1.82, 2.24) is 0 Å². The van der Waals surface area contributed by atoms with Crippen LogP contribution in [0.2, 0.25) is 0 Å². The molecule has 0 unspecified atom stereocenters. The number of thiophene rings is 1. The molecule has 0 spiro atoms. The number of benzene rings is 10. The fourth-order valence-electron chi connectivity index (χ4n) is 9.92. The van der Waals surface area contributed by atoms with Gasteiger partial charge < -0.3 is 4.90 Å². The average Bonchev–Trinajstić information content (AvgIpc) is 3.77. The van der Waals surface area contributed by atoms with Crippen LogP contribution in [0.3, 0.4) is 0 Å². The molecule has 12 rings (SSSR count). The van der Waals surface area contributed by atoms with Crippen LogP contribution in [0.5, 0.6) is 0 Å². The van der Waals surface area contributed by atoms with Gasteiger partial charge in [-0.05, 0) is 120 Å². The molecule has 0 radical (unpaired) electrons. The molecule has 11 aromatic rings.